The molecule has 3 aromatic carbocycles. The smallest absolute Gasteiger partial charge is 0.266 e. The lowest BCUT2D eigenvalue weighted by Crippen LogP contribution is -2.13. The van der Waals surface area contributed by atoms with E-state index in [0.717, 1.165) is 5.56 Å². The first-order valence-electron chi connectivity index (χ1n) is 11.2. The maximum Gasteiger partial charge on any atom is 0.266 e. The van der Waals surface area contributed by atoms with Gasteiger partial charge in [0, 0.05) is 16.3 Å². The fourth-order valence-corrected chi connectivity index (χ4v) is 3.35. The first-order valence-corrected chi connectivity index (χ1v) is 11.6. The van der Waals surface area contributed by atoms with Gasteiger partial charge < -0.3 is 19.5 Å². The van der Waals surface area contributed by atoms with Crippen LogP contribution in [0.15, 0.2) is 72.3 Å². The van der Waals surface area contributed by atoms with Crippen LogP contribution in [0.2, 0.25) is 5.02 Å². The van der Waals surface area contributed by atoms with Gasteiger partial charge in [-0.05, 0) is 74.9 Å². The van der Waals surface area contributed by atoms with Crippen molar-refractivity contribution in [1.82, 2.24) is 0 Å². The monoisotopic (exact) mass is 490 g/mol. The molecule has 0 unspecified atom stereocenters. The molecule has 0 aliphatic heterocycles. The highest BCUT2D eigenvalue weighted by Gasteiger charge is 2.12. The Labute approximate surface area is 210 Å². The van der Waals surface area contributed by atoms with E-state index in [0.29, 0.717) is 46.7 Å². The van der Waals surface area contributed by atoms with E-state index >= 15 is 0 Å². The number of carbonyl (C=O) groups excluding carboxylic acids is 1. The highest BCUT2D eigenvalue weighted by atomic mass is 35.5. The van der Waals surface area contributed by atoms with Crippen LogP contribution in [-0.4, -0.2) is 18.6 Å². The number of rotatable bonds is 10. The highest BCUT2D eigenvalue weighted by Crippen LogP contribution is 2.30. The van der Waals surface area contributed by atoms with Gasteiger partial charge in [-0.25, -0.2) is 0 Å². The van der Waals surface area contributed by atoms with E-state index in [4.69, 9.17) is 25.8 Å². The molecule has 0 saturated heterocycles. The van der Waals surface area contributed by atoms with Crippen molar-refractivity contribution in [3.8, 4) is 23.3 Å². The second-order valence-electron chi connectivity index (χ2n) is 7.83. The molecule has 0 aromatic heterocycles. The van der Waals surface area contributed by atoms with Gasteiger partial charge in [0.25, 0.3) is 5.91 Å². The molecule has 1 amide bonds. The molecule has 0 heterocycles. The standard InChI is InChI=1S/C28H27ClN2O4/c1-4-33-27-16-20(9-14-26(27)35-19(2)3)15-22(17-30)28(32)31-23-10-12-24(13-11-23)34-18-21-7-5-6-8-25(21)29/h5-16,19H,4,18H2,1-3H3,(H,31,32)/b22-15+. The molecule has 7 heteroatoms. The van der Waals surface area contributed by atoms with E-state index in [1.165, 1.54) is 6.08 Å². The summed E-state index contributed by atoms with van der Waals surface area (Å²) in [6.07, 6.45) is 1.50. The Kier molecular flexibility index (Phi) is 9.16. The van der Waals surface area contributed by atoms with Crippen molar-refractivity contribution < 1.29 is 19.0 Å². The maximum absolute atomic E-state index is 12.7. The van der Waals surface area contributed by atoms with Crippen LogP contribution in [0, 0.1) is 11.3 Å². The average Bonchev–Trinajstić information content (AvgIpc) is 2.84. The van der Waals surface area contributed by atoms with Crippen molar-refractivity contribution in [2.24, 2.45) is 0 Å². The number of nitrogens with one attached hydrogen (secondary N) is 1. The van der Waals surface area contributed by atoms with Crippen LogP contribution in [0.1, 0.15) is 31.9 Å². The van der Waals surface area contributed by atoms with E-state index in [9.17, 15) is 10.1 Å². The van der Waals surface area contributed by atoms with Crippen LogP contribution in [0.5, 0.6) is 17.2 Å². The minimum Gasteiger partial charge on any atom is -0.490 e. The Morgan fingerprint density at radius 2 is 1.80 bits per heavy atom. The topological polar surface area (TPSA) is 80.6 Å². The minimum atomic E-state index is -0.516. The quantitative estimate of drug-likeness (QED) is 0.254. The van der Waals surface area contributed by atoms with Crippen LogP contribution in [0.25, 0.3) is 6.08 Å². The summed E-state index contributed by atoms with van der Waals surface area (Å²) in [4.78, 5) is 12.7. The molecule has 0 saturated carbocycles. The number of hydrogen-bond donors (Lipinski definition) is 1. The van der Waals surface area contributed by atoms with Crippen LogP contribution in [0.3, 0.4) is 0 Å². The van der Waals surface area contributed by atoms with Crippen molar-refractivity contribution in [2.75, 3.05) is 11.9 Å². The number of nitrogens with zero attached hydrogens (tertiary/aromatic N) is 1. The number of carbonyl (C=O) groups is 1. The van der Waals surface area contributed by atoms with Gasteiger partial charge in [-0.1, -0.05) is 35.9 Å². The number of nitriles is 1. The van der Waals surface area contributed by atoms with Crippen molar-refractivity contribution in [1.29, 1.82) is 5.26 Å². The maximum atomic E-state index is 12.7. The molecule has 3 rings (SSSR count). The number of benzene rings is 3. The van der Waals surface area contributed by atoms with Crippen LogP contribution < -0.4 is 19.5 Å². The summed E-state index contributed by atoms with van der Waals surface area (Å²) >= 11 is 6.15. The summed E-state index contributed by atoms with van der Waals surface area (Å²) < 4.78 is 17.2. The van der Waals surface area contributed by atoms with Crippen molar-refractivity contribution >= 4 is 29.3 Å². The predicted molar refractivity (Wildman–Crippen MR) is 138 cm³/mol. The summed E-state index contributed by atoms with van der Waals surface area (Å²) in [6.45, 7) is 6.53. The van der Waals surface area contributed by atoms with E-state index < -0.39 is 5.91 Å². The molecule has 3 aromatic rings. The lowest BCUT2D eigenvalue weighted by molar-refractivity contribution is -0.112. The lowest BCUT2D eigenvalue weighted by Gasteiger charge is -2.15. The van der Waals surface area contributed by atoms with Crippen molar-refractivity contribution in [3.05, 3.63) is 88.5 Å². The van der Waals surface area contributed by atoms with Gasteiger partial charge in [0.1, 0.15) is 24.0 Å². The SMILES string of the molecule is CCOc1cc(/C=C(\C#N)C(=O)Nc2ccc(OCc3ccccc3Cl)cc2)ccc1OC(C)C. The van der Waals surface area contributed by atoms with Gasteiger partial charge in [-0.15, -0.1) is 0 Å². The van der Waals surface area contributed by atoms with Crippen LogP contribution in [0.4, 0.5) is 5.69 Å². The summed E-state index contributed by atoms with van der Waals surface area (Å²) in [5, 5.41) is 12.9. The predicted octanol–water partition coefficient (Wildman–Crippen LogP) is 6.65. The molecule has 0 fully saturated rings. The molecule has 0 bridgehead atoms. The van der Waals surface area contributed by atoms with E-state index in [2.05, 4.69) is 5.32 Å². The van der Waals surface area contributed by atoms with Crippen LogP contribution in [-0.2, 0) is 11.4 Å². The number of anilines is 1. The molecular weight excluding hydrogens is 464 g/mol. The number of amides is 1. The largest absolute Gasteiger partial charge is 0.490 e. The molecular formula is C28H27ClN2O4. The zero-order valence-electron chi connectivity index (χ0n) is 19.9. The van der Waals surface area contributed by atoms with Gasteiger partial charge in [0.2, 0.25) is 0 Å². The average molecular weight is 491 g/mol. The first-order chi connectivity index (χ1) is 16.9. The summed E-state index contributed by atoms with van der Waals surface area (Å²) in [6, 6.07) is 21.6. The molecule has 0 atom stereocenters. The molecule has 0 aliphatic carbocycles. The molecule has 0 radical (unpaired) electrons. The van der Waals surface area contributed by atoms with Gasteiger partial charge in [-0.3, -0.25) is 4.79 Å². The first kappa shape index (κ1) is 25.7. The molecule has 0 spiro atoms. The third kappa shape index (κ3) is 7.53. The second kappa shape index (κ2) is 12.5. The van der Waals surface area contributed by atoms with Crippen molar-refractivity contribution in [3.63, 3.8) is 0 Å². The molecule has 1 N–H and O–H groups in total. The van der Waals surface area contributed by atoms with Crippen molar-refractivity contribution in [2.45, 2.75) is 33.5 Å². The Bertz CT molecular complexity index is 1230. The Morgan fingerprint density at radius 3 is 2.46 bits per heavy atom. The Balaban J connectivity index is 1.67. The third-order valence-electron chi connectivity index (χ3n) is 4.77. The van der Waals surface area contributed by atoms with Gasteiger partial charge in [0.15, 0.2) is 11.5 Å². The van der Waals surface area contributed by atoms with Gasteiger partial charge >= 0.3 is 0 Å². The molecule has 180 valence electrons. The number of halogens is 1. The lowest BCUT2D eigenvalue weighted by atomic mass is 10.1. The number of hydrogen-bond acceptors (Lipinski definition) is 5. The second-order valence-corrected chi connectivity index (χ2v) is 8.24. The molecule has 6 nitrogen and oxygen atoms in total. The van der Waals surface area contributed by atoms with E-state index in [1.54, 1.807) is 42.5 Å². The Hall–Kier alpha value is -3.95. The summed E-state index contributed by atoms with van der Waals surface area (Å²) in [7, 11) is 0. The highest BCUT2D eigenvalue weighted by molar-refractivity contribution is 6.31. The third-order valence-corrected chi connectivity index (χ3v) is 5.14. The van der Waals surface area contributed by atoms with Crippen LogP contribution >= 0.6 is 11.6 Å². The summed E-state index contributed by atoms with van der Waals surface area (Å²) in [5.41, 5.74) is 2.03. The zero-order chi connectivity index (χ0) is 25.2. The zero-order valence-corrected chi connectivity index (χ0v) is 20.6. The summed E-state index contributed by atoms with van der Waals surface area (Å²) in [5.74, 6) is 1.28. The fraction of sp³-hybridized carbons (Fsp3) is 0.214. The normalized spacial score (nSPS) is 11.0. The Morgan fingerprint density at radius 1 is 1.06 bits per heavy atom. The molecule has 0 aliphatic rings. The van der Waals surface area contributed by atoms with Gasteiger partial charge in [0.05, 0.1) is 12.7 Å². The van der Waals surface area contributed by atoms with E-state index in [1.807, 2.05) is 51.1 Å². The van der Waals surface area contributed by atoms with Gasteiger partial charge in [-0.2, -0.15) is 5.26 Å². The number of ether oxygens (including phenoxy) is 3. The van der Waals surface area contributed by atoms with E-state index in [-0.39, 0.29) is 11.7 Å². The molecule has 35 heavy (non-hydrogen) atoms. The fourth-order valence-electron chi connectivity index (χ4n) is 3.16. The minimum absolute atomic E-state index is 0.0102.